The van der Waals surface area contributed by atoms with Crippen molar-refractivity contribution in [1.82, 2.24) is 19.9 Å². The molecule has 1 aromatic carbocycles. The number of hydrogen-bond acceptors (Lipinski definition) is 7. The van der Waals surface area contributed by atoms with Gasteiger partial charge in [0.25, 0.3) is 5.69 Å². The number of nitrogens with two attached hydrogens (primary N) is 1. The van der Waals surface area contributed by atoms with Crippen LogP contribution in [0.15, 0.2) is 40.6 Å². The molecular formula is C13H12N6O2S. The Balaban J connectivity index is 2.10. The molecule has 2 N–H and O–H groups in total. The molecule has 0 aliphatic heterocycles. The highest BCUT2D eigenvalue weighted by molar-refractivity contribution is 7.99. The van der Waals surface area contributed by atoms with Crippen molar-refractivity contribution in [3.63, 3.8) is 0 Å². The minimum absolute atomic E-state index is 0.0240. The van der Waals surface area contributed by atoms with E-state index in [2.05, 4.69) is 15.2 Å². The Labute approximate surface area is 129 Å². The Kier molecular flexibility index (Phi) is 3.63. The van der Waals surface area contributed by atoms with Gasteiger partial charge in [0.15, 0.2) is 5.82 Å². The highest BCUT2D eigenvalue weighted by atomic mass is 32.2. The molecular weight excluding hydrogens is 304 g/mol. The second kappa shape index (κ2) is 5.60. The molecule has 0 spiro atoms. The summed E-state index contributed by atoms with van der Waals surface area (Å²) >= 11 is 1.31. The number of aromatic nitrogens is 4. The summed E-state index contributed by atoms with van der Waals surface area (Å²) in [6.45, 7) is 1.94. The summed E-state index contributed by atoms with van der Waals surface area (Å²) in [6.07, 6.45) is 3.76. The van der Waals surface area contributed by atoms with Crippen molar-refractivity contribution in [2.24, 2.45) is 0 Å². The van der Waals surface area contributed by atoms with Crippen molar-refractivity contribution < 1.29 is 4.92 Å². The van der Waals surface area contributed by atoms with E-state index in [4.69, 9.17) is 5.84 Å². The van der Waals surface area contributed by atoms with E-state index < -0.39 is 4.92 Å². The van der Waals surface area contributed by atoms with Crippen LogP contribution in [0.5, 0.6) is 0 Å². The van der Waals surface area contributed by atoms with Gasteiger partial charge in [0.2, 0.25) is 5.16 Å². The zero-order valence-corrected chi connectivity index (χ0v) is 12.4. The van der Waals surface area contributed by atoms with E-state index in [9.17, 15) is 10.1 Å². The standard InChI is InChI=1S/C13H12N6O2S/c1-2-12-16-17-13(18(12)14)22-11-4-3-10(19(20)21)9-7-15-6-5-8(9)11/h3-7H,2,14H2,1H3. The number of rotatable bonds is 4. The number of benzene rings is 1. The van der Waals surface area contributed by atoms with Crippen molar-refractivity contribution in [3.8, 4) is 0 Å². The number of nitrogen functional groups attached to an aromatic ring is 1. The van der Waals surface area contributed by atoms with Gasteiger partial charge < -0.3 is 5.84 Å². The molecule has 3 aromatic rings. The Morgan fingerprint density at radius 1 is 1.32 bits per heavy atom. The number of nitrogens with zero attached hydrogens (tertiary/aromatic N) is 5. The summed E-state index contributed by atoms with van der Waals surface area (Å²) in [7, 11) is 0. The van der Waals surface area contributed by atoms with Crippen LogP contribution in [0.4, 0.5) is 5.69 Å². The number of nitro benzene ring substituents is 1. The van der Waals surface area contributed by atoms with Crippen LogP contribution in [-0.2, 0) is 6.42 Å². The molecule has 2 heterocycles. The van der Waals surface area contributed by atoms with E-state index in [1.807, 2.05) is 6.92 Å². The summed E-state index contributed by atoms with van der Waals surface area (Å²) < 4.78 is 1.43. The van der Waals surface area contributed by atoms with Gasteiger partial charge in [0.1, 0.15) is 0 Å². The van der Waals surface area contributed by atoms with Gasteiger partial charge in [-0.1, -0.05) is 6.92 Å². The molecule has 3 rings (SSSR count). The summed E-state index contributed by atoms with van der Waals surface area (Å²) in [4.78, 5) is 15.5. The maximum Gasteiger partial charge on any atom is 0.278 e. The van der Waals surface area contributed by atoms with Gasteiger partial charge in [0, 0.05) is 35.2 Å². The van der Waals surface area contributed by atoms with Gasteiger partial charge in [-0.3, -0.25) is 15.1 Å². The molecule has 0 fully saturated rings. The van der Waals surface area contributed by atoms with E-state index in [1.54, 1.807) is 18.3 Å². The number of non-ortho nitro benzene ring substituents is 1. The summed E-state index contributed by atoms with van der Waals surface area (Å²) in [5, 5.41) is 20.9. The van der Waals surface area contributed by atoms with Crippen LogP contribution in [0.25, 0.3) is 10.8 Å². The molecule has 9 heteroatoms. The highest BCUT2D eigenvalue weighted by Crippen LogP contribution is 2.36. The number of pyridine rings is 1. The minimum atomic E-state index is -0.418. The molecule has 0 atom stereocenters. The highest BCUT2D eigenvalue weighted by Gasteiger charge is 2.17. The normalized spacial score (nSPS) is 11.0. The minimum Gasteiger partial charge on any atom is -0.336 e. The average Bonchev–Trinajstić information content (AvgIpc) is 2.87. The lowest BCUT2D eigenvalue weighted by atomic mass is 10.1. The largest absolute Gasteiger partial charge is 0.336 e. The van der Waals surface area contributed by atoms with Gasteiger partial charge in [-0.15, -0.1) is 10.2 Å². The molecule has 0 radical (unpaired) electrons. The van der Waals surface area contributed by atoms with E-state index >= 15 is 0 Å². The van der Waals surface area contributed by atoms with Crippen LogP contribution in [0.2, 0.25) is 0 Å². The fourth-order valence-electron chi connectivity index (χ4n) is 2.11. The van der Waals surface area contributed by atoms with Crippen molar-refractivity contribution in [2.75, 3.05) is 5.84 Å². The van der Waals surface area contributed by atoms with E-state index in [-0.39, 0.29) is 5.69 Å². The first-order chi connectivity index (χ1) is 10.6. The number of hydrogen-bond donors (Lipinski definition) is 1. The van der Waals surface area contributed by atoms with E-state index in [1.165, 1.54) is 28.7 Å². The van der Waals surface area contributed by atoms with Gasteiger partial charge in [-0.2, -0.15) is 0 Å². The first kappa shape index (κ1) is 14.3. The SMILES string of the molecule is CCc1nnc(Sc2ccc([N+](=O)[O-])c3cnccc23)n1N. The van der Waals surface area contributed by atoms with Gasteiger partial charge in [-0.05, 0) is 23.9 Å². The first-order valence-corrected chi connectivity index (χ1v) is 7.31. The van der Waals surface area contributed by atoms with Gasteiger partial charge in [0.05, 0.1) is 10.3 Å². The van der Waals surface area contributed by atoms with Crippen LogP contribution in [0.3, 0.4) is 0 Å². The van der Waals surface area contributed by atoms with Crippen LogP contribution in [0.1, 0.15) is 12.7 Å². The zero-order valence-electron chi connectivity index (χ0n) is 11.6. The van der Waals surface area contributed by atoms with Crippen LogP contribution in [0, 0.1) is 10.1 Å². The van der Waals surface area contributed by atoms with Crippen LogP contribution >= 0.6 is 11.8 Å². The maximum atomic E-state index is 11.1. The van der Waals surface area contributed by atoms with Crippen molar-refractivity contribution in [3.05, 3.63) is 46.5 Å². The Bertz CT molecular complexity index is 863. The second-order valence-corrected chi connectivity index (χ2v) is 5.49. The number of fused-ring (bicyclic) bond motifs is 1. The first-order valence-electron chi connectivity index (χ1n) is 6.50. The molecule has 0 saturated heterocycles. The molecule has 22 heavy (non-hydrogen) atoms. The molecule has 0 amide bonds. The number of aryl methyl sites for hydroxylation is 1. The zero-order chi connectivity index (χ0) is 15.7. The third-order valence-corrected chi connectivity index (χ3v) is 4.24. The van der Waals surface area contributed by atoms with Gasteiger partial charge >= 0.3 is 0 Å². The lowest BCUT2D eigenvalue weighted by Gasteiger charge is -2.06. The second-order valence-electron chi connectivity index (χ2n) is 4.49. The predicted molar refractivity (Wildman–Crippen MR) is 82.1 cm³/mol. The average molecular weight is 316 g/mol. The molecule has 0 saturated carbocycles. The third kappa shape index (κ3) is 2.35. The molecule has 0 unspecified atom stereocenters. The van der Waals surface area contributed by atoms with Crippen LogP contribution < -0.4 is 5.84 Å². The quantitative estimate of drug-likeness (QED) is 0.446. The van der Waals surface area contributed by atoms with Crippen LogP contribution in [-0.4, -0.2) is 24.8 Å². The predicted octanol–water partition coefficient (Wildman–Crippen LogP) is 2.16. The molecule has 0 bridgehead atoms. The molecule has 0 aliphatic carbocycles. The topological polar surface area (TPSA) is 113 Å². The monoisotopic (exact) mass is 316 g/mol. The van der Waals surface area contributed by atoms with Crippen molar-refractivity contribution in [1.29, 1.82) is 0 Å². The lowest BCUT2D eigenvalue weighted by Crippen LogP contribution is -2.13. The molecule has 0 aliphatic rings. The summed E-state index contributed by atoms with van der Waals surface area (Å²) in [6, 6.07) is 4.89. The Morgan fingerprint density at radius 2 is 2.14 bits per heavy atom. The van der Waals surface area contributed by atoms with Crippen molar-refractivity contribution >= 4 is 28.2 Å². The summed E-state index contributed by atoms with van der Waals surface area (Å²) in [5.74, 6) is 6.61. The van der Waals surface area contributed by atoms with E-state index in [0.29, 0.717) is 22.8 Å². The maximum absolute atomic E-state index is 11.1. The van der Waals surface area contributed by atoms with E-state index in [0.717, 1.165) is 10.3 Å². The van der Waals surface area contributed by atoms with Gasteiger partial charge in [-0.25, -0.2) is 4.68 Å². The third-order valence-electron chi connectivity index (χ3n) is 3.20. The van der Waals surface area contributed by atoms with Crippen molar-refractivity contribution in [2.45, 2.75) is 23.4 Å². The molecule has 112 valence electrons. The fourth-order valence-corrected chi connectivity index (χ4v) is 3.02. The smallest absolute Gasteiger partial charge is 0.278 e. The lowest BCUT2D eigenvalue weighted by molar-refractivity contribution is -0.383. The summed E-state index contributed by atoms with van der Waals surface area (Å²) in [5.41, 5.74) is 0.0240. The Morgan fingerprint density at radius 3 is 2.82 bits per heavy atom. The Hall–Kier alpha value is -2.68. The molecule has 2 aromatic heterocycles. The molecule has 8 nitrogen and oxygen atoms in total. The fraction of sp³-hybridized carbons (Fsp3) is 0.154. The number of nitro groups is 1.